The Kier molecular flexibility index (Phi) is 10.2. The van der Waals surface area contributed by atoms with Gasteiger partial charge in [-0.15, -0.1) is 0 Å². The largest absolute Gasteiger partial charge is 0.462 e. The predicted molar refractivity (Wildman–Crippen MR) is 184 cm³/mol. The van der Waals surface area contributed by atoms with Crippen LogP contribution in [0.4, 0.5) is 11.4 Å². The van der Waals surface area contributed by atoms with Crippen molar-refractivity contribution in [3.8, 4) is 0 Å². The quantitative estimate of drug-likeness (QED) is 0.215. The zero-order valence-electron chi connectivity index (χ0n) is 30.3. The van der Waals surface area contributed by atoms with Crippen molar-refractivity contribution >= 4 is 53.0 Å². The monoisotopic (exact) mass is 666 g/mol. The minimum atomic E-state index is -1.33. The molecule has 262 valence electrons. The molecular formula is C36H51BN2O9. The Hall–Kier alpha value is -3.80. The molecule has 0 unspecified atom stereocenters. The lowest BCUT2D eigenvalue weighted by Gasteiger charge is -2.48. The van der Waals surface area contributed by atoms with Crippen LogP contribution >= 0.6 is 0 Å². The second kappa shape index (κ2) is 13.3. The molecule has 2 N–H and O–H groups in total. The van der Waals surface area contributed by atoms with Crippen molar-refractivity contribution in [2.45, 2.75) is 114 Å². The van der Waals surface area contributed by atoms with E-state index in [0.717, 1.165) is 22.1 Å². The summed E-state index contributed by atoms with van der Waals surface area (Å²) in [5, 5.41) is 8.95. The summed E-state index contributed by atoms with van der Waals surface area (Å²) in [5.41, 5.74) is -2.05. The molecule has 0 aliphatic carbocycles. The van der Waals surface area contributed by atoms with Gasteiger partial charge in [-0.2, -0.15) is 0 Å². The van der Waals surface area contributed by atoms with Gasteiger partial charge in [0, 0.05) is 16.8 Å². The molecule has 2 aromatic carbocycles. The van der Waals surface area contributed by atoms with Crippen molar-refractivity contribution in [1.29, 1.82) is 0 Å². The van der Waals surface area contributed by atoms with Crippen LogP contribution < -0.4 is 10.5 Å². The van der Waals surface area contributed by atoms with E-state index in [0.29, 0.717) is 0 Å². The van der Waals surface area contributed by atoms with Crippen molar-refractivity contribution in [3.05, 3.63) is 36.4 Å². The molecule has 2 aliphatic heterocycles. The zero-order valence-corrected chi connectivity index (χ0v) is 30.3. The van der Waals surface area contributed by atoms with E-state index in [1.54, 1.807) is 83.1 Å². The van der Waals surface area contributed by atoms with E-state index in [4.69, 9.17) is 23.7 Å². The summed E-state index contributed by atoms with van der Waals surface area (Å²) in [6.45, 7) is 19.4. The van der Waals surface area contributed by atoms with Crippen LogP contribution in [-0.4, -0.2) is 67.9 Å². The number of nitrogens with one attached hydrogen (secondary N) is 2. The topological polar surface area (TPSA) is 138 Å². The first kappa shape index (κ1) is 37.0. The van der Waals surface area contributed by atoms with Crippen LogP contribution in [0.15, 0.2) is 36.4 Å². The van der Waals surface area contributed by atoms with Gasteiger partial charge < -0.3 is 34.1 Å². The van der Waals surface area contributed by atoms with Crippen molar-refractivity contribution in [1.82, 2.24) is 0 Å². The van der Waals surface area contributed by atoms with Crippen molar-refractivity contribution < 1.29 is 42.9 Å². The molecule has 5 atom stereocenters. The molecule has 12 heteroatoms. The van der Waals surface area contributed by atoms with Gasteiger partial charge in [-0.1, -0.05) is 24.3 Å². The fourth-order valence-electron chi connectivity index (χ4n) is 5.15. The third-order valence-corrected chi connectivity index (χ3v) is 8.08. The second-order valence-corrected chi connectivity index (χ2v) is 16.8. The third-order valence-electron chi connectivity index (χ3n) is 8.08. The fraction of sp³-hybridized carbons (Fsp3) is 0.611. The maximum absolute atomic E-state index is 13.6. The molecule has 0 spiro atoms. The normalized spacial score (nSPS) is 23.0. The van der Waals surface area contributed by atoms with Crippen LogP contribution in [0.25, 0.3) is 10.8 Å². The number of benzene rings is 2. The van der Waals surface area contributed by atoms with Crippen LogP contribution in [0.3, 0.4) is 0 Å². The number of carbonyl (C=O) groups is 4. The van der Waals surface area contributed by atoms with E-state index in [1.807, 2.05) is 36.4 Å². The van der Waals surface area contributed by atoms with Crippen LogP contribution in [0, 0.1) is 21.7 Å². The van der Waals surface area contributed by atoms with Gasteiger partial charge in [0.1, 0.15) is 18.7 Å². The molecule has 0 radical (unpaired) electrons. The van der Waals surface area contributed by atoms with Crippen molar-refractivity contribution in [2.75, 3.05) is 17.1 Å². The summed E-state index contributed by atoms with van der Waals surface area (Å²) in [6.07, 6.45) is -5.00. The summed E-state index contributed by atoms with van der Waals surface area (Å²) in [4.78, 5) is 53.6. The number of rotatable bonds is 6. The average Bonchev–Trinajstić information content (AvgIpc) is 2.95. The van der Waals surface area contributed by atoms with Crippen LogP contribution in [0.5, 0.6) is 0 Å². The molecule has 1 fully saturated rings. The van der Waals surface area contributed by atoms with Gasteiger partial charge in [0.05, 0.1) is 21.7 Å². The minimum absolute atomic E-state index is 0.322. The fourth-order valence-corrected chi connectivity index (χ4v) is 5.15. The Morgan fingerprint density at radius 1 is 0.625 bits per heavy atom. The van der Waals surface area contributed by atoms with Crippen molar-refractivity contribution in [3.63, 3.8) is 0 Å². The molecule has 1 saturated heterocycles. The van der Waals surface area contributed by atoms with Crippen LogP contribution in [0.1, 0.15) is 83.1 Å². The maximum Gasteiger partial charge on any atom is 0.405 e. The Morgan fingerprint density at radius 3 is 1.48 bits per heavy atom. The second-order valence-electron chi connectivity index (χ2n) is 16.8. The first-order chi connectivity index (χ1) is 22.0. The summed E-state index contributed by atoms with van der Waals surface area (Å²) >= 11 is 0. The van der Waals surface area contributed by atoms with Gasteiger partial charge in [0.2, 0.25) is 0 Å². The highest BCUT2D eigenvalue weighted by molar-refractivity contribution is 6.69. The van der Waals surface area contributed by atoms with E-state index in [2.05, 4.69) is 10.5 Å². The molecule has 11 nitrogen and oxygen atoms in total. The Balaban J connectivity index is 1.86. The van der Waals surface area contributed by atoms with Gasteiger partial charge in [0.15, 0.2) is 18.3 Å². The first-order valence-corrected chi connectivity index (χ1v) is 16.5. The highest BCUT2D eigenvalue weighted by Crippen LogP contribution is 2.39. The van der Waals surface area contributed by atoms with Crippen LogP contribution in [0.2, 0.25) is 0 Å². The average molecular weight is 667 g/mol. The summed E-state index contributed by atoms with van der Waals surface area (Å²) < 4.78 is 30.9. The van der Waals surface area contributed by atoms with Crippen LogP contribution in [-0.2, 0) is 42.9 Å². The molecule has 0 saturated carbocycles. The van der Waals surface area contributed by atoms with Gasteiger partial charge in [-0.25, -0.2) is 0 Å². The third kappa shape index (κ3) is 8.25. The summed E-state index contributed by atoms with van der Waals surface area (Å²) in [6, 6.07) is 10.7. The minimum Gasteiger partial charge on any atom is -0.462 e. The van der Waals surface area contributed by atoms with Crippen molar-refractivity contribution in [2.24, 2.45) is 21.7 Å². The Bertz CT molecular complexity index is 1510. The molecule has 2 heterocycles. The standard InChI is InChI=1S/C36H51BN2O9/c1-33(2,3)29(40)44-19-23-25(46-30(41)34(4,5)6)26(47-31(42)35(7,8)9)27(48-32(43)36(10,11)12)28(45-23)37-38-21-17-13-15-20-16-14-18-22(39-37)24(20)21/h13-18,23,25-28,38-39H,19H2,1-12H3/t23-,25+,26+,27-,28+/m1/s1. The van der Waals surface area contributed by atoms with E-state index >= 15 is 0 Å². The highest BCUT2D eigenvalue weighted by atomic mass is 16.7. The molecule has 2 aromatic rings. The van der Waals surface area contributed by atoms with E-state index in [9.17, 15) is 19.2 Å². The molecule has 0 aromatic heterocycles. The number of ether oxygens (including phenoxy) is 5. The maximum atomic E-state index is 13.6. The lowest BCUT2D eigenvalue weighted by Crippen LogP contribution is -2.69. The molecule has 4 rings (SSSR count). The van der Waals surface area contributed by atoms with Gasteiger partial charge in [-0.05, 0) is 101 Å². The number of anilines is 2. The summed E-state index contributed by atoms with van der Waals surface area (Å²) in [7, 11) is 0. The molecule has 0 bridgehead atoms. The molecule has 2 aliphatic rings. The number of hydrogen-bond acceptors (Lipinski definition) is 11. The molecular weight excluding hydrogens is 615 g/mol. The number of esters is 4. The Labute approximate surface area is 284 Å². The van der Waals surface area contributed by atoms with E-state index in [-0.39, 0.29) is 6.61 Å². The zero-order chi connectivity index (χ0) is 36.0. The number of hydrogen-bond donors (Lipinski definition) is 2. The SMILES string of the molecule is CC(C)(C)C(=O)OC[C@H]1O[C@H](B2Nc3cccc4cccc(c34)N2)[C@H](OC(=O)C(C)(C)C)[C@@H](OC(=O)C(C)(C)C)[C@H]1OC(=O)C(C)(C)C. The van der Waals surface area contributed by atoms with E-state index < -0.39 is 82.9 Å². The highest BCUT2D eigenvalue weighted by Gasteiger charge is 2.58. The van der Waals surface area contributed by atoms with Gasteiger partial charge in [-0.3, -0.25) is 19.2 Å². The molecule has 48 heavy (non-hydrogen) atoms. The molecule has 0 amide bonds. The van der Waals surface area contributed by atoms with Gasteiger partial charge in [0.25, 0.3) is 0 Å². The number of carbonyl (C=O) groups excluding carboxylic acids is 4. The Morgan fingerprint density at radius 2 is 1.04 bits per heavy atom. The lowest BCUT2D eigenvalue weighted by molar-refractivity contribution is -0.248. The summed E-state index contributed by atoms with van der Waals surface area (Å²) in [5.74, 6) is -2.28. The smallest absolute Gasteiger partial charge is 0.405 e. The predicted octanol–water partition coefficient (Wildman–Crippen LogP) is 5.94. The van der Waals surface area contributed by atoms with E-state index in [1.165, 1.54) is 0 Å². The lowest BCUT2D eigenvalue weighted by atomic mass is 9.62. The van der Waals surface area contributed by atoms with Gasteiger partial charge >= 0.3 is 30.9 Å². The first-order valence-electron chi connectivity index (χ1n) is 16.5.